The molecular formula is C13H13NO3. The topological polar surface area (TPSA) is 53.7 Å². The lowest BCUT2D eigenvalue weighted by atomic mass is 10.2. The Labute approximate surface area is 99.1 Å². The third-order valence-electron chi connectivity index (χ3n) is 2.55. The maximum Gasteiger partial charge on any atom is 0.416 e. The maximum atomic E-state index is 11.4. The lowest BCUT2D eigenvalue weighted by Crippen LogP contribution is -2.24. The van der Waals surface area contributed by atoms with Gasteiger partial charge in [0.25, 0.3) is 0 Å². The molecule has 0 bridgehead atoms. The zero-order chi connectivity index (χ0) is 12.4. The highest BCUT2D eigenvalue weighted by molar-refractivity contribution is 5.96. The molecule has 88 valence electrons. The first-order chi connectivity index (χ1) is 8.11. The van der Waals surface area contributed by atoms with E-state index in [-0.39, 0.29) is 0 Å². The average molecular weight is 231 g/mol. The Morgan fingerprint density at radius 2 is 1.88 bits per heavy atom. The molecule has 0 aliphatic carbocycles. The van der Waals surface area contributed by atoms with Crippen molar-refractivity contribution in [2.24, 2.45) is 0 Å². The van der Waals surface area contributed by atoms with E-state index >= 15 is 0 Å². The molecule has 0 spiro atoms. The minimum absolute atomic E-state index is 0.587. The van der Waals surface area contributed by atoms with E-state index in [1.165, 1.54) is 4.90 Å². The van der Waals surface area contributed by atoms with E-state index in [4.69, 9.17) is 4.42 Å². The molecule has 0 unspecified atom stereocenters. The van der Waals surface area contributed by atoms with Crippen LogP contribution in [0.1, 0.15) is 11.3 Å². The quantitative estimate of drug-likeness (QED) is 0.857. The van der Waals surface area contributed by atoms with Crippen molar-refractivity contribution in [3.05, 3.63) is 47.9 Å². The predicted molar refractivity (Wildman–Crippen MR) is 64.8 cm³/mol. The molecule has 0 saturated carbocycles. The number of anilines is 2. The highest BCUT2D eigenvalue weighted by atomic mass is 16.4. The summed E-state index contributed by atoms with van der Waals surface area (Å²) < 4.78 is 5.24. The average Bonchev–Trinajstić information content (AvgIpc) is 2.62. The molecule has 0 fully saturated rings. The van der Waals surface area contributed by atoms with Gasteiger partial charge < -0.3 is 9.52 Å². The fourth-order valence-corrected chi connectivity index (χ4v) is 1.81. The Kier molecular flexibility index (Phi) is 2.87. The molecule has 1 amide bonds. The Balaban J connectivity index is 2.55. The van der Waals surface area contributed by atoms with Crippen molar-refractivity contribution in [3.8, 4) is 0 Å². The van der Waals surface area contributed by atoms with Crippen molar-refractivity contribution in [2.45, 2.75) is 13.8 Å². The van der Waals surface area contributed by atoms with E-state index in [0.29, 0.717) is 17.1 Å². The van der Waals surface area contributed by atoms with Gasteiger partial charge in [0.15, 0.2) is 0 Å². The fraction of sp³-hybridized carbons (Fsp3) is 0.154. The zero-order valence-corrected chi connectivity index (χ0v) is 9.68. The lowest BCUT2D eigenvalue weighted by Gasteiger charge is -2.19. The lowest BCUT2D eigenvalue weighted by molar-refractivity contribution is 0.204. The summed E-state index contributed by atoms with van der Waals surface area (Å²) in [5.74, 6) is 0.591. The number of benzene rings is 1. The minimum Gasteiger partial charge on any atom is -0.467 e. The minimum atomic E-state index is -1.02. The van der Waals surface area contributed by atoms with Gasteiger partial charge in [-0.05, 0) is 26.0 Å². The van der Waals surface area contributed by atoms with Gasteiger partial charge in [0.05, 0.1) is 17.6 Å². The molecule has 1 N–H and O–H groups in total. The van der Waals surface area contributed by atoms with E-state index in [9.17, 15) is 9.90 Å². The number of furan rings is 1. The van der Waals surface area contributed by atoms with Gasteiger partial charge in [-0.15, -0.1) is 0 Å². The number of rotatable bonds is 2. The van der Waals surface area contributed by atoms with E-state index < -0.39 is 6.09 Å². The maximum absolute atomic E-state index is 11.4. The number of aryl methyl sites for hydroxylation is 2. The molecule has 4 nitrogen and oxygen atoms in total. The van der Waals surface area contributed by atoms with Crippen LogP contribution in [-0.2, 0) is 0 Å². The largest absolute Gasteiger partial charge is 0.467 e. The van der Waals surface area contributed by atoms with Crippen LogP contribution in [0.4, 0.5) is 16.2 Å². The molecule has 17 heavy (non-hydrogen) atoms. The summed E-state index contributed by atoms with van der Waals surface area (Å²) in [5, 5.41) is 9.33. The number of nitrogens with zero attached hydrogens (tertiary/aromatic N) is 1. The molecule has 0 aliphatic heterocycles. The van der Waals surface area contributed by atoms with Crippen molar-refractivity contribution in [2.75, 3.05) is 4.90 Å². The number of para-hydroxylation sites is 1. The molecule has 0 radical (unpaired) electrons. The zero-order valence-electron chi connectivity index (χ0n) is 9.68. The number of hydrogen-bond donors (Lipinski definition) is 1. The van der Waals surface area contributed by atoms with Crippen LogP contribution in [0.5, 0.6) is 0 Å². The van der Waals surface area contributed by atoms with Crippen LogP contribution >= 0.6 is 0 Å². The normalized spacial score (nSPS) is 10.2. The Morgan fingerprint density at radius 3 is 2.35 bits per heavy atom. The van der Waals surface area contributed by atoms with Gasteiger partial charge in [0, 0.05) is 5.56 Å². The van der Waals surface area contributed by atoms with Crippen LogP contribution < -0.4 is 4.90 Å². The molecule has 2 aromatic rings. The summed E-state index contributed by atoms with van der Waals surface area (Å²) >= 11 is 0. The van der Waals surface area contributed by atoms with Crippen LogP contribution in [0.15, 0.2) is 41.0 Å². The third kappa shape index (κ3) is 2.01. The summed E-state index contributed by atoms with van der Waals surface area (Å²) in [6, 6.07) is 8.95. The van der Waals surface area contributed by atoms with Crippen LogP contribution in [0.25, 0.3) is 0 Å². The SMILES string of the molecule is Cc1coc(C)c1N(C(=O)O)c1ccccc1. The number of hydrogen-bond acceptors (Lipinski definition) is 2. The van der Waals surface area contributed by atoms with Gasteiger partial charge in [0.2, 0.25) is 0 Å². The number of carboxylic acid groups (broad SMARTS) is 1. The standard InChI is InChI=1S/C13H13NO3/c1-9-8-17-10(2)12(9)14(13(15)16)11-6-4-3-5-7-11/h3-8H,1-2H3,(H,15,16). The van der Waals surface area contributed by atoms with Crippen molar-refractivity contribution in [3.63, 3.8) is 0 Å². The fourth-order valence-electron chi connectivity index (χ4n) is 1.81. The van der Waals surface area contributed by atoms with Crippen molar-refractivity contribution in [1.82, 2.24) is 0 Å². The monoisotopic (exact) mass is 231 g/mol. The summed E-state index contributed by atoms with van der Waals surface area (Å²) in [6.07, 6.45) is 0.535. The molecule has 2 rings (SSSR count). The first kappa shape index (κ1) is 11.3. The van der Waals surface area contributed by atoms with E-state index in [1.54, 1.807) is 37.5 Å². The van der Waals surface area contributed by atoms with Crippen molar-refractivity contribution in [1.29, 1.82) is 0 Å². The Bertz CT molecular complexity index is 511. The number of amides is 1. The Morgan fingerprint density at radius 1 is 1.24 bits per heavy atom. The van der Waals surface area contributed by atoms with Crippen molar-refractivity contribution >= 4 is 17.5 Å². The summed E-state index contributed by atoms with van der Waals surface area (Å²) in [7, 11) is 0. The highest BCUT2D eigenvalue weighted by Crippen LogP contribution is 2.32. The first-order valence-corrected chi connectivity index (χ1v) is 5.24. The molecule has 1 aromatic carbocycles. The van der Waals surface area contributed by atoms with Gasteiger partial charge in [0.1, 0.15) is 5.76 Å². The van der Waals surface area contributed by atoms with Crippen LogP contribution in [-0.4, -0.2) is 11.2 Å². The second-order valence-corrected chi connectivity index (χ2v) is 3.78. The first-order valence-electron chi connectivity index (χ1n) is 5.24. The van der Waals surface area contributed by atoms with Gasteiger partial charge in [-0.3, -0.25) is 0 Å². The van der Waals surface area contributed by atoms with Gasteiger partial charge in [-0.1, -0.05) is 18.2 Å². The summed E-state index contributed by atoms with van der Waals surface area (Å²) in [6.45, 7) is 3.58. The molecule has 4 heteroatoms. The summed E-state index contributed by atoms with van der Waals surface area (Å²) in [5.41, 5.74) is 1.99. The number of carbonyl (C=O) groups is 1. The van der Waals surface area contributed by atoms with Gasteiger partial charge >= 0.3 is 6.09 Å². The molecule has 1 aromatic heterocycles. The smallest absolute Gasteiger partial charge is 0.416 e. The molecule has 0 saturated heterocycles. The molecular weight excluding hydrogens is 218 g/mol. The molecule has 1 heterocycles. The van der Waals surface area contributed by atoms with E-state index in [2.05, 4.69) is 0 Å². The molecule has 0 atom stereocenters. The van der Waals surface area contributed by atoms with Crippen molar-refractivity contribution < 1.29 is 14.3 Å². The van der Waals surface area contributed by atoms with E-state index in [0.717, 1.165) is 5.56 Å². The van der Waals surface area contributed by atoms with Crippen LogP contribution in [0, 0.1) is 13.8 Å². The summed E-state index contributed by atoms with van der Waals surface area (Å²) in [4.78, 5) is 12.6. The van der Waals surface area contributed by atoms with Crippen LogP contribution in [0.3, 0.4) is 0 Å². The highest BCUT2D eigenvalue weighted by Gasteiger charge is 2.22. The van der Waals surface area contributed by atoms with Crippen LogP contribution in [0.2, 0.25) is 0 Å². The van der Waals surface area contributed by atoms with Gasteiger partial charge in [-0.2, -0.15) is 0 Å². The third-order valence-corrected chi connectivity index (χ3v) is 2.55. The predicted octanol–water partition coefficient (Wildman–Crippen LogP) is 3.71. The van der Waals surface area contributed by atoms with Gasteiger partial charge in [-0.25, -0.2) is 9.69 Å². The second kappa shape index (κ2) is 4.33. The van der Waals surface area contributed by atoms with E-state index in [1.807, 2.05) is 13.0 Å². The second-order valence-electron chi connectivity index (χ2n) is 3.78. The Hall–Kier alpha value is -2.23. The molecule has 0 aliphatic rings.